The van der Waals surface area contributed by atoms with Crippen LogP contribution in [0, 0.1) is 5.92 Å². The van der Waals surface area contributed by atoms with E-state index < -0.39 is 42.1 Å². The Morgan fingerprint density at radius 3 is 2.48 bits per heavy atom. The third-order valence-electron chi connectivity index (χ3n) is 4.10. The number of piperidine rings is 1. The summed E-state index contributed by atoms with van der Waals surface area (Å²) < 4.78 is 25.4. The minimum absolute atomic E-state index is 0.224. The van der Waals surface area contributed by atoms with E-state index in [-0.39, 0.29) is 12.6 Å². The predicted octanol–water partition coefficient (Wildman–Crippen LogP) is -0.553. The number of nitrogens with one attached hydrogen (secondary N) is 2. The molecule has 2 heterocycles. The smallest absolute Gasteiger partial charge is 0.309 e. The number of urea groups is 1. The summed E-state index contributed by atoms with van der Waals surface area (Å²) in [6.45, 7) is 0.224. The van der Waals surface area contributed by atoms with Gasteiger partial charge in [0.2, 0.25) is 5.91 Å². The molecule has 0 spiro atoms. The maximum atomic E-state index is 12.7. The highest BCUT2D eigenvalue weighted by molar-refractivity contribution is 5.90. The fraction of sp³-hybridized carbons (Fsp3) is 0.727. The summed E-state index contributed by atoms with van der Waals surface area (Å²) in [6, 6.07) is -1.83. The zero-order chi connectivity index (χ0) is 15.4. The Balaban J connectivity index is 1.54. The van der Waals surface area contributed by atoms with E-state index in [9.17, 15) is 28.4 Å². The number of carbonyl (C=O) groups excluding carboxylic acids is 3. The van der Waals surface area contributed by atoms with Gasteiger partial charge in [0, 0.05) is 13.0 Å². The van der Waals surface area contributed by atoms with Crippen LogP contribution in [0.3, 0.4) is 0 Å². The summed E-state index contributed by atoms with van der Waals surface area (Å²) >= 11 is 0. The molecule has 0 aromatic heterocycles. The van der Waals surface area contributed by atoms with Crippen LogP contribution < -0.4 is 10.9 Å². The number of nitrogens with zero attached hydrogens (tertiary/aromatic N) is 2. The Morgan fingerprint density at radius 2 is 1.86 bits per heavy atom. The van der Waals surface area contributed by atoms with Crippen molar-refractivity contribution in [3.05, 3.63) is 0 Å². The number of hydroxylamine groups is 2. The Bertz CT molecular complexity index is 514. The van der Waals surface area contributed by atoms with Gasteiger partial charge in [-0.2, -0.15) is 0 Å². The van der Waals surface area contributed by atoms with E-state index in [1.54, 1.807) is 0 Å². The lowest BCUT2D eigenvalue weighted by atomic mass is 10.0. The van der Waals surface area contributed by atoms with Crippen molar-refractivity contribution >= 4 is 17.8 Å². The van der Waals surface area contributed by atoms with Gasteiger partial charge in [-0.25, -0.2) is 18.6 Å². The lowest BCUT2D eigenvalue weighted by Crippen LogP contribution is -2.54. The highest BCUT2D eigenvalue weighted by atomic mass is 19.3. The van der Waals surface area contributed by atoms with Gasteiger partial charge in [0.1, 0.15) is 12.0 Å². The van der Waals surface area contributed by atoms with E-state index in [1.807, 2.05) is 5.43 Å². The topological polar surface area (TPSA) is 102 Å². The van der Waals surface area contributed by atoms with E-state index in [0.29, 0.717) is 17.9 Å². The van der Waals surface area contributed by atoms with E-state index >= 15 is 0 Å². The van der Waals surface area contributed by atoms with Crippen molar-refractivity contribution in [2.75, 3.05) is 6.54 Å². The molecule has 2 bridgehead atoms. The molecular weight excluding hydrogens is 290 g/mol. The van der Waals surface area contributed by atoms with E-state index in [1.165, 1.54) is 4.90 Å². The molecule has 3 atom stereocenters. The Hall–Kier alpha value is -1.97. The van der Waals surface area contributed by atoms with Gasteiger partial charge in [0.25, 0.3) is 11.8 Å². The zero-order valence-electron chi connectivity index (χ0n) is 10.9. The van der Waals surface area contributed by atoms with Gasteiger partial charge in [0.15, 0.2) is 0 Å². The van der Waals surface area contributed by atoms with Crippen molar-refractivity contribution in [3.63, 3.8) is 0 Å². The highest BCUT2D eigenvalue weighted by Crippen LogP contribution is 2.48. The number of fused-ring (bicyclic) bond motifs is 2. The van der Waals surface area contributed by atoms with Gasteiger partial charge in [0.05, 0.1) is 6.04 Å². The minimum atomic E-state index is -3.00. The lowest BCUT2D eigenvalue weighted by molar-refractivity contribution is -0.133. The molecule has 4 amide bonds. The number of hydrazine groups is 1. The summed E-state index contributed by atoms with van der Waals surface area (Å²) in [5.41, 5.74) is 4.01. The van der Waals surface area contributed by atoms with Crippen molar-refractivity contribution in [1.29, 1.82) is 0 Å². The van der Waals surface area contributed by atoms with Crippen LogP contribution in [0.5, 0.6) is 0 Å². The fourth-order valence-corrected chi connectivity index (χ4v) is 2.71. The molecule has 8 nitrogen and oxygen atoms in total. The zero-order valence-corrected chi connectivity index (χ0v) is 10.9. The molecule has 2 saturated heterocycles. The second kappa shape index (κ2) is 4.52. The van der Waals surface area contributed by atoms with Gasteiger partial charge in [-0.3, -0.25) is 25.6 Å². The number of carbonyl (C=O) groups is 3. The normalized spacial score (nSPS) is 32.9. The van der Waals surface area contributed by atoms with Crippen molar-refractivity contribution in [1.82, 2.24) is 20.8 Å². The van der Waals surface area contributed by atoms with Gasteiger partial charge < -0.3 is 4.90 Å². The first kappa shape index (κ1) is 14.0. The van der Waals surface area contributed by atoms with Crippen LogP contribution in [-0.4, -0.2) is 57.6 Å². The Morgan fingerprint density at radius 1 is 1.24 bits per heavy atom. The van der Waals surface area contributed by atoms with Gasteiger partial charge >= 0.3 is 6.03 Å². The molecule has 0 radical (unpaired) electrons. The number of alkyl halides is 2. The van der Waals surface area contributed by atoms with E-state index in [0.717, 1.165) is 0 Å². The molecule has 1 unspecified atom stereocenters. The molecule has 1 saturated carbocycles. The molecule has 0 aromatic rings. The molecule has 10 heteroatoms. The van der Waals surface area contributed by atoms with Crippen molar-refractivity contribution < 1.29 is 28.4 Å². The largest absolute Gasteiger partial charge is 0.344 e. The lowest BCUT2D eigenvalue weighted by Gasteiger charge is -2.29. The summed E-state index contributed by atoms with van der Waals surface area (Å²) in [6.07, 6.45) is 0.254. The van der Waals surface area contributed by atoms with Crippen LogP contribution in [0.25, 0.3) is 0 Å². The van der Waals surface area contributed by atoms with Gasteiger partial charge in [-0.15, -0.1) is 0 Å². The molecule has 3 fully saturated rings. The Kier molecular flexibility index (Phi) is 3.01. The average Bonchev–Trinajstić information content (AvgIpc) is 3.05. The molecule has 3 N–H and O–H groups in total. The van der Waals surface area contributed by atoms with Crippen LogP contribution in [0.15, 0.2) is 0 Å². The maximum Gasteiger partial charge on any atom is 0.344 e. The molecule has 1 aliphatic carbocycles. The second-order valence-corrected chi connectivity index (χ2v) is 5.52. The fourth-order valence-electron chi connectivity index (χ4n) is 2.71. The number of halogens is 2. The van der Waals surface area contributed by atoms with Crippen LogP contribution in [0.4, 0.5) is 13.6 Å². The standard InChI is InChI=1S/C11H14F2N4O4/c12-11(13)3-6(11)8(18)14-15-9(19)7-2-1-5-4-16(7)10(20)17(5)21/h5-7,21H,1-4H2,(H,14,18)(H,15,19)/t5-,6?,7+/m1/s1. The third-order valence-corrected chi connectivity index (χ3v) is 4.10. The average molecular weight is 304 g/mol. The van der Waals surface area contributed by atoms with Crippen LogP contribution in [-0.2, 0) is 9.59 Å². The number of amides is 4. The quantitative estimate of drug-likeness (QED) is 0.470. The van der Waals surface area contributed by atoms with Crippen LogP contribution in [0.2, 0.25) is 0 Å². The predicted molar refractivity (Wildman–Crippen MR) is 61.9 cm³/mol. The van der Waals surface area contributed by atoms with Gasteiger partial charge in [-0.1, -0.05) is 0 Å². The van der Waals surface area contributed by atoms with Crippen molar-refractivity contribution in [2.24, 2.45) is 5.92 Å². The summed E-state index contributed by atoms with van der Waals surface area (Å²) in [7, 11) is 0. The first-order valence-electron chi connectivity index (χ1n) is 6.57. The maximum absolute atomic E-state index is 12.7. The molecule has 116 valence electrons. The first-order chi connectivity index (χ1) is 9.81. The van der Waals surface area contributed by atoms with Crippen LogP contribution in [0.1, 0.15) is 19.3 Å². The summed E-state index contributed by atoms with van der Waals surface area (Å²) in [4.78, 5) is 36.2. The number of rotatable bonds is 2. The highest BCUT2D eigenvalue weighted by Gasteiger charge is 2.61. The first-order valence-corrected chi connectivity index (χ1v) is 6.57. The van der Waals surface area contributed by atoms with E-state index in [4.69, 9.17) is 0 Å². The monoisotopic (exact) mass is 304 g/mol. The second-order valence-electron chi connectivity index (χ2n) is 5.52. The number of hydrogen-bond acceptors (Lipinski definition) is 4. The molecule has 2 aliphatic heterocycles. The summed E-state index contributed by atoms with van der Waals surface area (Å²) in [5, 5.41) is 10.1. The van der Waals surface area contributed by atoms with Gasteiger partial charge in [-0.05, 0) is 12.8 Å². The Labute approximate surface area is 118 Å². The minimum Gasteiger partial charge on any atom is -0.309 e. The molecule has 3 aliphatic rings. The summed E-state index contributed by atoms with van der Waals surface area (Å²) in [5.74, 6) is -6.02. The molecule has 21 heavy (non-hydrogen) atoms. The van der Waals surface area contributed by atoms with E-state index in [2.05, 4.69) is 5.43 Å². The van der Waals surface area contributed by atoms with Crippen LogP contribution >= 0.6 is 0 Å². The SMILES string of the molecule is O=C(NNC(=O)[C@@H]1CC[C@@H]2CN1C(=O)N2O)C1CC1(F)F. The molecule has 0 aromatic carbocycles. The van der Waals surface area contributed by atoms with Crippen molar-refractivity contribution in [2.45, 2.75) is 37.3 Å². The third kappa shape index (κ3) is 2.28. The number of hydrogen-bond donors (Lipinski definition) is 3. The van der Waals surface area contributed by atoms with Crippen molar-refractivity contribution in [3.8, 4) is 0 Å². The molecule has 3 rings (SSSR count). The molecular formula is C11H14F2N4O4.